The number of pyridine rings is 1. The summed E-state index contributed by atoms with van der Waals surface area (Å²) in [5.74, 6) is 0.698. The Morgan fingerprint density at radius 3 is 2.81 bits per heavy atom. The van der Waals surface area contributed by atoms with E-state index in [4.69, 9.17) is 16.1 Å². The van der Waals surface area contributed by atoms with Gasteiger partial charge in [0.1, 0.15) is 6.54 Å². The van der Waals surface area contributed by atoms with Gasteiger partial charge in [-0.05, 0) is 17.7 Å². The fourth-order valence-corrected chi connectivity index (χ4v) is 4.40. The van der Waals surface area contributed by atoms with Crippen LogP contribution >= 0.6 is 22.9 Å². The van der Waals surface area contributed by atoms with Crippen LogP contribution in [0.15, 0.2) is 64.2 Å². The average molecular weight is 453 g/mol. The lowest BCUT2D eigenvalue weighted by atomic mass is 10.0. The second-order valence-corrected chi connectivity index (χ2v) is 8.51. The standard InChI is InChI=1S/C21H14ClN5O3S/c1-12-24-18(25-30-12)14-6-4-5-13(9-14)17-19(28)26-8-3-2-7-16(26)27(20(17)29)11-15-10-23-21(22)31-15/h2-10H,11H2,1H3/p+1. The van der Waals surface area contributed by atoms with Crippen LogP contribution in [0, 0.1) is 6.92 Å². The lowest BCUT2D eigenvalue weighted by Crippen LogP contribution is -2.41. The molecule has 31 heavy (non-hydrogen) atoms. The second-order valence-electron chi connectivity index (χ2n) is 6.82. The van der Waals surface area contributed by atoms with E-state index in [-0.39, 0.29) is 17.0 Å². The van der Waals surface area contributed by atoms with Gasteiger partial charge in [-0.15, -0.1) is 11.3 Å². The van der Waals surface area contributed by atoms with Gasteiger partial charge in [-0.2, -0.15) is 14.0 Å². The van der Waals surface area contributed by atoms with E-state index in [2.05, 4.69) is 15.1 Å². The van der Waals surface area contributed by atoms with Crippen molar-refractivity contribution in [2.75, 3.05) is 0 Å². The van der Waals surface area contributed by atoms with E-state index in [0.717, 1.165) is 4.88 Å². The molecule has 0 aliphatic rings. The predicted molar refractivity (Wildman–Crippen MR) is 115 cm³/mol. The zero-order valence-corrected chi connectivity index (χ0v) is 17.8. The maximum Gasteiger partial charge on any atom is 0.354 e. The molecule has 0 atom stereocenters. The molecule has 1 aromatic carbocycles. The quantitative estimate of drug-likeness (QED) is 0.419. The highest BCUT2D eigenvalue weighted by Crippen LogP contribution is 2.28. The third-order valence-electron chi connectivity index (χ3n) is 4.80. The van der Waals surface area contributed by atoms with Crippen molar-refractivity contribution in [2.24, 2.45) is 0 Å². The maximum atomic E-state index is 13.3. The molecule has 0 amide bonds. The fourth-order valence-electron chi connectivity index (χ4n) is 3.44. The highest BCUT2D eigenvalue weighted by molar-refractivity contribution is 7.15. The van der Waals surface area contributed by atoms with E-state index in [1.54, 1.807) is 54.2 Å². The van der Waals surface area contributed by atoms with Crippen molar-refractivity contribution in [1.82, 2.24) is 19.5 Å². The van der Waals surface area contributed by atoms with Gasteiger partial charge in [0, 0.05) is 24.8 Å². The summed E-state index contributed by atoms with van der Waals surface area (Å²) in [7, 11) is 0. The molecule has 5 aromatic rings. The minimum Gasteiger partial charge on any atom is -0.477 e. The summed E-state index contributed by atoms with van der Waals surface area (Å²) < 4.78 is 8.64. The first-order chi connectivity index (χ1) is 15.0. The van der Waals surface area contributed by atoms with E-state index in [0.29, 0.717) is 39.5 Å². The van der Waals surface area contributed by atoms with Gasteiger partial charge in [-0.3, -0.25) is 0 Å². The Morgan fingerprint density at radius 2 is 2.06 bits per heavy atom. The van der Waals surface area contributed by atoms with Gasteiger partial charge >= 0.3 is 5.56 Å². The first-order valence-electron chi connectivity index (χ1n) is 9.29. The molecule has 0 radical (unpaired) electrons. The fraction of sp³-hybridized carbons (Fsp3) is 0.0952. The van der Waals surface area contributed by atoms with Gasteiger partial charge in [0.25, 0.3) is 11.5 Å². The number of rotatable bonds is 4. The first-order valence-corrected chi connectivity index (χ1v) is 10.5. The second kappa shape index (κ2) is 7.60. The number of thiazole rings is 1. The number of fused-ring (bicyclic) bond motifs is 1. The van der Waals surface area contributed by atoms with Crippen LogP contribution in [-0.4, -0.2) is 24.6 Å². The number of halogens is 1. The molecule has 1 N–H and O–H groups in total. The molecule has 8 nitrogen and oxygen atoms in total. The molecule has 0 aliphatic carbocycles. The summed E-state index contributed by atoms with van der Waals surface area (Å²) >= 11 is 7.29. The van der Waals surface area contributed by atoms with E-state index < -0.39 is 0 Å². The van der Waals surface area contributed by atoms with Crippen LogP contribution in [0.2, 0.25) is 4.47 Å². The number of nitrogens with zero attached hydrogens (tertiary/aromatic N) is 5. The van der Waals surface area contributed by atoms with Crippen molar-refractivity contribution in [3.8, 4) is 28.4 Å². The molecule has 4 heterocycles. The zero-order chi connectivity index (χ0) is 21.5. The predicted octanol–water partition coefficient (Wildman–Crippen LogP) is 3.48. The summed E-state index contributed by atoms with van der Waals surface area (Å²) in [5, 5.41) is 15.1. The highest BCUT2D eigenvalue weighted by Gasteiger charge is 2.26. The Labute approximate surface area is 184 Å². The minimum absolute atomic E-state index is 0.151. The summed E-state index contributed by atoms with van der Waals surface area (Å²) in [5.41, 5.74) is 1.58. The number of hydrogen-bond acceptors (Lipinski definition) is 7. The van der Waals surface area contributed by atoms with Gasteiger partial charge in [0.15, 0.2) is 10.0 Å². The third kappa shape index (κ3) is 3.47. The Morgan fingerprint density at radius 1 is 1.23 bits per heavy atom. The summed E-state index contributed by atoms with van der Waals surface area (Å²) in [6, 6.07) is 12.5. The zero-order valence-electron chi connectivity index (χ0n) is 16.2. The van der Waals surface area contributed by atoms with Crippen LogP contribution in [0.1, 0.15) is 10.8 Å². The van der Waals surface area contributed by atoms with E-state index in [9.17, 15) is 9.90 Å². The first kappa shape index (κ1) is 19.4. The van der Waals surface area contributed by atoms with Crippen LogP contribution in [0.3, 0.4) is 0 Å². The summed E-state index contributed by atoms with van der Waals surface area (Å²) in [4.78, 5) is 22.5. The molecule has 0 bridgehead atoms. The minimum atomic E-state index is -0.340. The van der Waals surface area contributed by atoms with Gasteiger partial charge in [-0.25, -0.2) is 9.78 Å². The SMILES string of the molecule is Cc1nc(-c2cccc(-c3c(O)[n+](Cc4cnc(Cl)s4)c4ccccn4c3=O)c2)no1. The van der Waals surface area contributed by atoms with Crippen LogP contribution in [0.4, 0.5) is 0 Å². The molecular weight excluding hydrogens is 438 g/mol. The van der Waals surface area contributed by atoms with Crippen LogP contribution in [0.5, 0.6) is 5.88 Å². The maximum absolute atomic E-state index is 13.3. The summed E-state index contributed by atoms with van der Waals surface area (Å²) in [6.07, 6.45) is 3.33. The molecule has 0 spiro atoms. The highest BCUT2D eigenvalue weighted by atomic mass is 35.5. The molecule has 0 unspecified atom stereocenters. The Kier molecular flexibility index (Phi) is 4.76. The molecule has 0 fully saturated rings. The number of aryl methyl sites for hydroxylation is 1. The Bertz CT molecular complexity index is 1490. The molecule has 5 rings (SSSR count). The van der Waals surface area contributed by atoms with Gasteiger partial charge in [0.2, 0.25) is 11.7 Å². The van der Waals surface area contributed by atoms with Crippen molar-refractivity contribution in [3.05, 3.63) is 80.4 Å². The number of aromatic hydroxyl groups is 1. The largest absolute Gasteiger partial charge is 0.477 e. The summed E-state index contributed by atoms with van der Waals surface area (Å²) in [6.45, 7) is 2.01. The monoisotopic (exact) mass is 452 g/mol. The number of benzene rings is 1. The van der Waals surface area contributed by atoms with Gasteiger partial charge in [-0.1, -0.05) is 41.0 Å². The topological polar surface area (TPSA) is 97.4 Å². The van der Waals surface area contributed by atoms with Crippen molar-refractivity contribution in [1.29, 1.82) is 0 Å². The lowest BCUT2D eigenvalue weighted by molar-refractivity contribution is -0.671. The van der Waals surface area contributed by atoms with Gasteiger partial charge < -0.3 is 9.63 Å². The van der Waals surface area contributed by atoms with Crippen molar-refractivity contribution < 1.29 is 14.2 Å². The van der Waals surface area contributed by atoms with Crippen molar-refractivity contribution in [3.63, 3.8) is 0 Å². The molecule has 154 valence electrons. The molecule has 0 saturated heterocycles. The Hall–Kier alpha value is -3.56. The number of aromatic nitrogens is 5. The molecule has 10 heteroatoms. The molecule has 0 aliphatic heterocycles. The normalized spacial score (nSPS) is 11.3. The van der Waals surface area contributed by atoms with Crippen molar-refractivity contribution in [2.45, 2.75) is 13.5 Å². The molecule has 4 aromatic heterocycles. The van der Waals surface area contributed by atoms with Crippen molar-refractivity contribution >= 4 is 28.6 Å². The molecular formula is C21H15ClN5O3S+. The number of hydrogen-bond donors (Lipinski definition) is 1. The molecule has 0 saturated carbocycles. The Balaban J connectivity index is 1.73. The van der Waals surface area contributed by atoms with E-state index >= 15 is 0 Å². The van der Waals surface area contributed by atoms with E-state index in [1.165, 1.54) is 15.7 Å². The van der Waals surface area contributed by atoms with Crippen LogP contribution < -0.4 is 10.1 Å². The smallest absolute Gasteiger partial charge is 0.354 e. The van der Waals surface area contributed by atoms with E-state index in [1.807, 2.05) is 12.1 Å². The van der Waals surface area contributed by atoms with Crippen LogP contribution in [0.25, 0.3) is 28.2 Å². The third-order valence-corrected chi connectivity index (χ3v) is 5.90. The average Bonchev–Trinajstić information content (AvgIpc) is 3.39. The van der Waals surface area contributed by atoms with Gasteiger partial charge in [0.05, 0.1) is 11.1 Å². The van der Waals surface area contributed by atoms with Crippen LogP contribution in [-0.2, 0) is 6.54 Å². The lowest BCUT2D eigenvalue weighted by Gasteiger charge is -2.09.